The highest BCUT2D eigenvalue weighted by molar-refractivity contribution is 6.26. The van der Waals surface area contributed by atoms with Crippen LogP contribution in [0.5, 0.6) is 0 Å². The standard InChI is InChI=1S/C57H34N4O/c1-2-11-35(12-3-1)40-17-10-18-41(31-40)55-58-56(42-22-21-36-13-4-5-16-39(36)32-42)60-57(59-55)43-24-27-47-49-34-44(26-30-51(49)62-52(47)33-43)61-50-29-25-37-14-6-8-19-45(37)53(50)48-28-23-38-15-7-9-20-46(38)54(48)61/h1-34H. The summed E-state index contributed by atoms with van der Waals surface area (Å²) in [6.07, 6.45) is 0. The molecule has 5 heteroatoms. The lowest BCUT2D eigenvalue weighted by atomic mass is 10.0. The quantitative estimate of drug-likeness (QED) is 0.174. The Kier molecular flexibility index (Phi) is 7.54. The van der Waals surface area contributed by atoms with Crippen molar-refractivity contribution in [3.63, 3.8) is 0 Å². The van der Waals surface area contributed by atoms with Gasteiger partial charge in [-0.15, -0.1) is 0 Å². The van der Waals surface area contributed by atoms with Crippen molar-refractivity contribution in [2.45, 2.75) is 0 Å². The summed E-state index contributed by atoms with van der Waals surface area (Å²) in [5.74, 6) is 1.80. The first-order valence-electron chi connectivity index (χ1n) is 20.9. The molecule has 0 radical (unpaired) electrons. The average molecular weight is 791 g/mol. The van der Waals surface area contributed by atoms with Crippen LogP contribution in [0.25, 0.3) is 127 Å². The predicted octanol–water partition coefficient (Wildman–Crippen LogP) is 15.0. The molecule has 0 aliphatic carbocycles. The van der Waals surface area contributed by atoms with Gasteiger partial charge < -0.3 is 8.98 Å². The van der Waals surface area contributed by atoms with E-state index < -0.39 is 0 Å². The molecule has 3 heterocycles. The van der Waals surface area contributed by atoms with Crippen molar-refractivity contribution >= 4 is 76.1 Å². The van der Waals surface area contributed by atoms with E-state index in [0.717, 1.165) is 60.8 Å². The molecule has 62 heavy (non-hydrogen) atoms. The number of aromatic nitrogens is 4. The smallest absolute Gasteiger partial charge is 0.164 e. The first kappa shape index (κ1) is 34.5. The summed E-state index contributed by atoms with van der Waals surface area (Å²) in [5, 5.41) is 11.8. The highest BCUT2D eigenvalue weighted by atomic mass is 16.3. The van der Waals surface area contributed by atoms with Crippen LogP contribution in [0.15, 0.2) is 211 Å². The third-order valence-electron chi connectivity index (χ3n) is 12.4. The first-order valence-corrected chi connectivity index (χ1v) is 20.9. The summed E-state index contributed by atoms with van der Waals surface area (Å²) in [7, 11) is 0. The van der Waals surface area contributed by atoms with Gasteiger partial charge in [-0.2, -0.15) is 0 Å². The van der Waals surface area contributed by atoms with Gasteiger partial charge in [0.1, 0.15) is 11.2 Å². The number of hydrogen-bond acceptors (Lipinski definition) is 4. The third-order valence-corrected chi connectivity index (χ3v) is 12.4. The van der Waals surface area contributed by atoms with Crippen LogP contribution in [-0.2, 0) is 0 Å². The lowest BCUT2D eigenvalue weighted by Crippen LogP contribution is -2.00. The molecule has 5 nitrogen and oxygen atoms in total. The Morgan fingerprint density at radius 3 is 1.74 bits per heavy atom. The SMILES string of the molecule is c1ccc(-c2cccc(-c3nc(-c4ccc5ccccc5c4)nc(-c4ccc5c(c4)oc4ccc(-n6c7ccc8ccccc8c7c7ccc8ccccc8c76)cc45)n3)c2)cc1. The normalized spacial score (nSPS) is 11.9. The number of furan rings is 1. The molecule has 10 aromatic carbocycles. The second kappa shape index (κ2) is 13.6. The average Bonchev–Trinajstić information content (AvgIpc) is 3.89. The Bertz CT molecular complexity index is 3940. The Morgan fingerprint density at radius 1 is 0.323 bits per heavy atom. The minimum absolute atomic E-state index is 0.579. The fourth-order valence-corrected chi connectivity index (χ4v) is 9.42. The molecule has 13 rings (SSSR count). The molecule has 0 aliphatic rings. The first-order chi connectivity index (χ1) is 30.7. The molecule has 0 N–H and O–H groups in total. The van der Waals surface area contributed by atoms with Crippen LogP contribution in [0, 0.1) is 0 Å². The molecule has 13 aromatic rings. The van der Waals surface area contributed by atoms with E-state index in [0.29, 0.717) is 17.5 Å². The summed E-state index contributed by atoms with van der Waals surface area (Å²) >= 11 is 0. The maximum absolute atomic E-state index is 6.65. The molecular weight excluding hydrogens is 757 g/mol. The van der Waals surface area contributed by atoms with E-state index in [-0.39, 0.29) is 0 Å². The van der Waals surface area contributed by atoms with Crippen molar-refractivity contribution in [3.8, 4) is 51.0 Å². The van der Waals surface area contributed by atoms with Crippen molar-refractivity contribution in [1.29, 1.82) is 0 Å². The molecule has 0 saturated heterocycles. The van der Waals surface area contributed by atoms with Gasteiger partial charge in [-0.25, -0.2) is 15.0 Å². The lowest BCUT2D eigenvalue weighted by molar-refractivity contribution is 0.669. The Labute approximate surface area is 355 Å². The monoisotopic (exact) mass is 790 g/mol. The zero-order chi connectivity index (χ0) is 40.7. The van der Waals surface area contributed by atoms with Gasteiger partial charge >= 0.3 is 0 Å². The van der Waals surface area contributed by atoms with E-state index in [2.05, 4.69) is 205 Å². The summed E-state index contributed by atoms with van der Waals surface area (Å²) in [4.78, 5) is 15.4. The molecule has 0 unspecified atom stereocenters. The van der Waals surface area contributed by atoms with Crippen molar-refractivity contribution in [3.05, 3.63) is 206 Å². The molecule has 0 fully saturated rings. The van der Waals surface area contributed by atoms with Crippen LogP contribution in [-0.4, -0.2) is 19.5 Å². The molecule has 0 atom stereocenters. The largest absolute Gasteiger partial charge is 0.456 e. The zero-order valence-electron chi connectivity index (χ0n) is 33.3. The molecule has 0 bridgehead atoms. The topological polar surface area (TPSA) is 56.7 Å². The zero-order valence-corrected chi connectivity index (χ0v) is 33.3. The van der Waals surface area contributed by atoms with E-state index in [4.69, 9.17) is 19.4 Å². The molecule has 0 spiro atoms. The number of benzene rings is 10. The molecule has 3 aromatic heterocycles. The van der Waals surface area contributed by atoms with Gasteiger partial charge in [0.05, 0.1) is 11.0 Å². The number of hydrogen-bond donors (Lipinski definition) is 0. The van der Waals surface area contributed by atoms with E-state index in [1.54, 1.807) is 0 Å². The third kappa shape index (κ3) is 5.45. The van der Waals surface area contributed by atoms with Gasteiger partial charge in [-0.1, -0.05) is 158 Å². The fourth-order valence-electron chi connectivity index (χ4n) is 9.42. The second-order valence-corrected chi connectivity index (χ2v) is 16.0. The fraction of sp³-hybridized carbons (Fsp3) is 0. The summed E-state index contributed by atoms with van der Waals surface area (Å²) in [6.45, 7) is 0. The van der Waals surface area contributed by atoms with Crippen molar-refractivity contribution < 1.29 is 4.42 Å². The highest BCUT2D eigenvalue weighted by Gasteiger charge is 2.20. The minimum atomic E-state index is 0.579. The Hall–Kier alpha value is -8.41. The molecule has 0 aliphatic heterocycles. The van der Waals surface area contributed by atoms with Crippen LogP contribution in [0.4, 0.5) is 0 Å². The summed E-state index contributed by atoms with van der Waals surface area (Å²) < 4.78 is 9.08. The van der Waals surface area contributed by atoms with E-state index >= 15 is 0 Å². The van der Waals surface area contributed by atoms with Crippen LogP contribution < -0.4 is 0 Å². The van der Waals surface area contributed by atoms with Crippen molar-refractivity contribution in [2.24, 2.45) is 0 Å². The maximum Gasteiger partial charge on any atom is 0.164 e. The predicted molar refractivity (Wildman–Crippen MR) is 256 cm³/mol. The van der Waals surface area contributed by atoms with Gasteiger partial charge in [0.15, 0.2) is 17.5 Å². The van der Waals surface area contributed by atoms with Crippen molar-refractivity contribution in [1.82, 2.24) is 19.5 Å². The van der Waals surface area contributed by atoms with Crippen LogP contribution in [0.1, 0.15) is 0 Å². The van der Waals surface area contributed by atoms with Gasteiger partial charge in [0.2, 0.25) is 0 Å². The van der Waals surface area contributed by atoms with E-state index in [1.165, 1.54) is 48.7 Å². The summed E-state index contributed by atoms with van der Waals surface area (Å²) in [6, 6.07) is 72.8. The molecular formula is C57H34N4O. The van der Waals surface area contributed by atoms with Crippen LogP contribution >= 0.6 is 0 Å². The second-order valence-electron chi connectivity index (χ2n) is 16.0. The van der Waals surface area contributed by atoms with E-state index in [9.17, 15) is 0 Å². The number of fused-ring (bicyclic) bond motifs is 11. The number of nitrogens with zero attached hydrogens (tertiary/aromatic N) is 4. The molecule has 0 amide bonds. The Morgan fingerprint density at radius 2 is 0.919 bits per heavy atom. The molecule has 288 valence electrons. The lowest BCUT2D eigenvalue weighted by Gasteiger charge is -2.10. The van der Waals surface area contributed by atoms with Gasteiger partial charge in [-0.05, 0) is 86.6 Å². The maximum atomic E-state index is 6.65. The van der Waals surface area contributed by atoms with Crippen molar-refractivity contribution in [2.75, 3.05) is 0 Å². The van der Waals surface area contributed by atoms with Crippen LogP contribution in [0.3, 0.4) is 0 Å². The van der Waals surface area contributed by atoms with Crippen LogP contribution in [0.2, 0.25) is 0 Å². The van der Waals surface area contributed by atoms with Gasteiger partial charge in [0, 0.05) is 49.3 Å². The highest BCUT2D eigenvalue weighted by Crippen LogP contribution is 2.42. The minimum Gasteiger partial charge on any atom is -0.456 e. The number of rotatable bonds is 5. The van der Waals surface area contributed by atoms with E-state index in [1.807, 2.05) is 6.07 Å². The Balaban J connectivity index is 0.979. The van der Waals surface area contributed by atoms with Gasteiger partial charge in [-0.3, -0.25) is 0 Å². The molecule has 0 saturated carbocycles. The summed E-state index contributed by atoms with van der Waals surface area (Å²) in [5.41, 5.74) is 9.98. The van der Waals surface area contributed by atoms with Gasteiger partial charge in [0.25, 0.3) is 0 Å².